The van der Waals surface area contributed by atoms with Crippen molar-refractivity contribution in [2.45, 2.75) is 6.92 Å². The van der Waals surface area contributed by atoms with Crippen molar-refractivity contribution in [3.63, 3.8) is 0 Å². The number of imidazole rings is 1. The van der Waals surface area contributed by atoms with Crippen LogP contribution in [0, 0.1) is 6.92 Å². The third-order valence-electron chi connectivity index (χ3n) is 3.08. The Hall–Kier alpha value is -2.60. The summed E-state index contributed by atoms with van der Waals surface area (Å²) >= 11 is 5.28. The minimum absolute atomic E-state index is 0.220. The molecule has 0 saturated carbocycles. The molecule has 1 heterocycles. The highest BCUT2D eigenvalue weighted by molar-refractivity contribution is 7.80. The summed E-state index contributed by atoms with van der Waals surface area (Å²) in [6, 6.07) is 13.5. The lowest BCUT2D eigenvalue weighted by atomic mass is 10.2. The van der Waals surface area contributed by atoms with E-state index in [1.54, 1.807) is 0 Å². The molecule has 3 rings (SSSR count). The molecule has 0 fully saturated rings. The van der Waals surface area contributed by atoms with E-state index in [0.29, 0.717) is 5.11 Å². The van der Waals surface area contributed by atoms with Crippen LogP contribution in [0.5, 0.6) is 0 Å². The molecular formula is C15H14N4OS. The van der Waals surface area contributed by atoms with Gasteiger partial charge in [0.25, 0.3) is 0 Å². The molecule has 4 N–H and O–H groups in total. The first-order valence-electron chi connectivity index (χ1n) is 6.47. The number of hydrogen-bond donors (Lipinski definition) is 4. The highest BCUT2D eigenvalue weighted by Crippen LogP contribution is 2.15. The van der Waals surface area contributed by atoms with Crippen LogP contribution in [-0.4, -0.2) is 15.1 Å². The van der Waals surface area contributed by atoms with Crippen LogP contribution in [-0.2, 0) is 0 Å². The number of aromatic amines is 2. The normalized spacial score (nSPS) is 10.5. The van der Waals surface area contributed by atoms with Crippen LogP contribution in [0.1, 0.15) is 5.56 Å². The maximum Gasteiger partial charge on any atom is 0.323 e. The Kier molecular flexibility index (Phi) is 3.45. The molecule has 0 aliphatic rings. The Morgan fingerprint density at radius 1 is 0.952 bits per heavy atom. The average Bonchev–Trinajstić information content (AvgIpc) is 2.80. The molecule has 21 heavy (non-hydrogen) atoms. The fourth-order valence-electron chi connectivity index (χ4n) is 2.04. The molecule has 0 aliphatic carbocycles. The Balaban J connectivity index is 1.73. The monoisotopic (exact) mass is 298 g/mol. The Morgan fingerprint density at radius 3 is 2.33 bits per heavy atom. The van der Waals surface area contributed by atoms with Crippen LogP contribution < -0.4 is 16.3 Å². The van der Waals surface area contributed by atoms with Gasteiger partial charge in [0.15, 0.2) is 5.11 Å². The van der Waals surface area contributed by atoms with Gasteiger partial charge in [-0.3, -0.25) is 0 Å². The second-order valence-corrected chi connectivity index (χ2v) is 5.19. The molecule has 0 unspecified atom stereocenters. The lowest BCUT2D eigenvalue weighted by Crippen LogP contribution is -2.18. The molecule has 6 heteroatoms. The first-order chi connectivity index (χ1) is 10.1. The van der Waals surface area contributed by atoms with E-state index in [2.05, 4.69) is 20.6 Å². The Morgan fingerprint density at radius 2 is 1.57 bits per heavy atom. The number of hydrogen-bond acceptors (Lipinski definition) is 2. The summed E-state index contributed by atoms with van der Waals surface area (Å²) in [5, 5.41) is 6.70. The highest BCUT2D eigenvalue weighted by Gasteiger charge is 2.02. The topological polar surface area (TPSA) is 72.7 Å². The summed E-state index contributed by atoms with van der Waals surface area (Å²) in [5.74, 6) is 0. The second-order valence-electron chi connectivity index (χ2n) is 4.78. The molecule has 5 nitrogen and oxygen atoms in total. The first kappa shape index (κ1) is 13.4. The second kappa shape index (κ2) is 5.41. The zero-order valence-corrected chi connectivity index (χ0v) is 12.2. The third-order valence-corrected chi connectivity index (χ3v) is 3.29. The Bertz CT molecular complexity index is 848. The van der Waals surface area contributed by atoms with E-state index in [1.165, 1.54) is 5.56 Å². The molecule has 2 aromatic carbocycles. The standard InChI is InChI=1S/C15H14N4OS/c1-9-2-4-10(5-3-9)16-15(21)17-11-6-7-12-13(8-11)19-14(20)18-12/h2-8H,1H3,(H2,16,17,21)(H2,18,19,20). The molecule has 0 amide bonds. The first-order valence-corrected chi connectivity index (χ1v) is 6.88. The van der Waals surface area contributed by atoms with E-state index >= 15 is 0 Å². The van der Waals surface area contributed by atoms with Crippen LogP contribution >= 0.6 is 12.2 Å². The van der Waals surface area contributed by atoms with Gasteiger partial charge in [0.1, 0.15) is 0 Å². The number of H-pyrrole nitrogens is 2. The maximum absolute atomic E-state index is 11.2. The lowest BCUT2D eigenvalue weighted by molar-refractivity contribution is 1.22. The van der Waals surface area contributed by atoms with Gasteiger partial charge in [-0.1, -0.05) is 17.7 Å². The van der Waals surface area contributed by atoms with Crippen LogP contribution in [0.2, 0.25) is 0 Å². The number of rotatable bonds is 2. The number of aromatic nitrogens is 2. The van der Waals surface area contributed by atoms with Crippen molar-refractivity contribution in [3.05, 3.63) is 58.5 Å². The highest BCUT2D eigenvalue weighted by atomic mass is 32.1. The molecule has 0 radical (unpaired) electrons. The predicted molar refractivity (Wildman–Crippen MR) is 89.9 cm³/mol. The van der Waals surface area contributed by atoms with Gasteiger partial charge < -0.3 is 20.6 Å². The molecule has 0 spiro atoms. The summed E-state index contributed by atoms with van der Waals surface area (Å²) < 4.78 is 0. The van der Waals surface area contributed by atoms with Crippen LogP contribution in [0.3, 0.4) is 0 Å². The number of benzene rings is 2. The van der Waals surface area contributed by atoms with Crippen molar-refractivity contribution in [2.24, 2.45) is 0 Å². The predicted octanol–water partition coefficient (Wildman–Crippen LogP) is 2.97. The van der Waals surface area contributed by atoms with E-state index in [9.17, 15) is 4.79 Å². The van der Waals surface area contributed by atoms with Gasteiger partial charge in [0, 0.05) is 11.4 Å². The van der Waals surface area contributed by atoms with E-state index in [-0.39, 0.29) is 5.69 Å². The van der Waals surface area contributed by atoms with Gasteiger partial charge in [-0.05, 0) is 49.5 Å². The van der Waals surface area contributed by atoms with Crippen molar-refractivity contribution in [1.29, 1.82) is 0 Å². The van der Waals surface area contributed by atoms with Gasteiger partial charge >= 0.3 is 5.69 Å². The quantitative estimate of drug-likeness (QED) is 0.549. The van der Waals surface area contributed by atoms with E-state index < -0.39 is 0 Å². The minimum atomic E-state index is -0.220. The maximum atomic E-state index is 11.2. The van der Waals surface area contributed by atoms with Crippen molar-refractivity contribution in [2.75, 3.05) is 10.6 Å². The van der Waals surface area contributed by atoms with Gasteiger partial charge in [0.05, 0.1) is 11.0 Å². The summed E-state index contributed by atoms with van der Waals surface area (Å²) in [4.78, 5) is 16.6. The third kappa shape index (κ3) is 3.11. The molecule has 0 atom stereocenters. The number of fused-ring (bicyclic) bond motifs is 1. The fourth-order valence-corrected chi connectivity index (χ4v) is 2.28. The van der Waals surface area contributed by atoms with Crippen LogP contribution in [0.25, 0.3) is 11.0 Å². The van der Waals surface area contributed by atoms with Gasteiger partial charge in [-0.2, -0.15) is 0 Å². The summed E-state index contributed by atoms with van der Waals surface area (Å²) in [6.07, 6.45) is 0. The Labute approximate surface area is 126 Å². The summed E-state index contributed by atoms with van der Waals surface area (Å²) in [5.41, 5.74) is 4.21. The number of thiocarbonyl (C=S) groups is 1. The van der Waals surface area contributed by atoms with Crippen LogP contribution in [0.15, 0.2) is 47.3 Å². The number of nitrogens with one attached hydrogen (secondary N) is 4. The smallest absolute Gasteiger partial charge is 0.323 e. The lowest BCUT2D eigenvalue weighted by Gasteiger charge is -2.10. The average molecular weight is 298 g/mol. The molecule has 0 saturated heterocycles. The van der Waals surface area contributed by atoms with Gasteiger partial charge in [0.2, 0.25) is 0 Å². The van der Waals surface area contributed by atoms with Crippen LogP contribution in [0.4, 0.5) is 11.4 Å². The zero-order chi connectivity index (χ0) is 14.8. The zero-order valence-electron chi connectivity index (χ0n) is 11.4. The van der Waals surface area contributed by atoms with E-state index in [0.717, 1.165) is 22.4 Å². The SMILES string of the molecule is Cc1ccc(NC(=S)Nc2ccc3[nH]c(=O)[nH]c3c2)cc1. The summed E-state index contributed by atoms with van der Waals surface area (Å²) in [6.45, 7) is 2.03. The van der Waals surface area contributed by atoms with Crippen molar-refractivity contribution < 1.29 is 0 Å². The van der Waals surface area contributed by atoms with E-state index in [1.807, 2.05) is 49.4 Å². The molecule has 106 valence electrons. The van der Waals surface area contributed by atoms with Crippen molar-refractivity contribution >= 4 is 39.7 Å². The van der Waals surface area contributed by atoms with Gasteiger partial charge in [-0.25, -0.2) is 4.79 Å². The van der Waals surface area contributed by atoms with Gasteiger partial charge in [-0.15, -0.1) is 0 Å². The molecule has 0 aliphatic heterocycles. The molecule has 1 aromatic heterocycles. The van der Waals surface area contributed by atoms with E-state index in [4.69, 9.17) is 12.2 Å². The number of anilines is 2. The summed E-state index contributed by atoms with van der Waals surface area (Å²) in [7, 11) is 0. The number of aryl methyl sites for hydroxylation is 1. The minimum Gasteiger partial charge on any atom is -0.332 e. The largest absolute Gasteiger partial charge is 0.332 e. The molecule has 0 bridgehead atoms. The van der Waals surface area contributed by atoms with Crippen molar-refractivity contribution in [3.8, 4) is 0 Å². The fraction of sp³-hybridized carbons (Fsp3) is 0.0667. The van der Waals surface area contributed by atoms with Crippen molar-refractivity contribution in [1.82, 2.24) is 9.97 Å². The molecular weight excluding hydrogens is 284 g/mol. The molecule has 3 aromatic rings.